The number of carbonyl (C=O) groups is 1. The van der Waals surface area contributed by atoms with Crippen molar-refractivity contribution in [2.24, 2.45) is 0 Å². The summed E-state index contributed by atoms with van der Waals surface area (Å²) in [7, 11) is -2.63. The molecule has 0 unspecified atom stereocenters. The Balaban J connectivity index is 1.99. The van der Waals surface area contributed by atoms with Crippen molar-refractivity contribution in [3.8, 4) is 0 Å². The van der Waals surface area contributed by atoms with E-state index in [1.54, 1.807) is 24.3 Å². The number of esters is 1. The van der Waals surface area contributed by atoms with E-state index >= 15 is 0 Å². The Bertz CT molecular complexity index is 947. The van der Waals surface area contributed by atoms with Crippen LogP contribution in [0.1, 0.15) is 5.56 Å². The molecule has 0 atom stereocenters. The van der Waals surface area contributed by atoms with E-state index in [2.05, 4.69) is 26.0 Å². The number of nitro benzene ring substituents is 1. The average molecular weight is 458 g/mol. The number of hydrogen-bond donors (Lipinski definition) is 2. The summed E-state index contributed by atoms with van der Waals surface area (Å²) in [6, 6.07) is 10.5. The van der Waals surface area contributed by atoms with Crippen LogP contribution in [0.15, 0.2) is 51.8 Å². The van der Waals surface area contributed by atoms with Crippen LogP contribution in [0.4, 0.5) is 11.4 Å². The Kier molecular flexibility index (Phi) is 6.88. The lowest BCUT2D eigenvalue weighted by Gasteiger charge is -2.09. The van der Waals surface area contributed by atoms with Gasteiger partial charge in [0.25, 0.3) is 5.69 Å². The lowest BCUT2D eigenvalue weighted by Crippen LogP contribution is -2.30. The first-order valence-electron chi connectivity index (χ1n) is 7.59. The zero-order valence-corrected chi connectivity index (χ0v) is 16.5. The molecule has 0 fully saturated rings. The summed E-state index contributed by atoms with van der Waals surface area (Å²) < 4.78 is 32.5. The highest BCUT2D eigenvalue weighted by atomic mass is 79.9. The van der Waals surface area contributed by atoms with Crippen LogP contribution in [0.2, 0.25) is 0 Å². The number of halogens is 1. The van der Waals surface area contributed by atoms with Crippen LogP contribution in [-0.2, 0) is 26.2 Å². The number of ether oxygens (including phenoxy) is 1. The third-order valence-electron chi connectivity index (χ3n) is 3.47. The molecule has 144 valence electrons. The number of hydrogen-bond acceptors (Lipinski definition) is 7. The molecular weight excluding hydrogens is 442 g/mol. The number of nitrogens with one attached hydrogen (secondary N) is 2. The fourth-order valence-corrected chi connectivity index (χ4v) is 3.33. The molecule has 0 saturated heterocycles. The van der Waals surface area contributed by atoms with Crippen LogP contribution in [0, 0.1) is 10.1 Å². The van der Waals surface area contributed by atoms with Gasteiger partial charge in [-0.1, -0.05) is 28.1 Å². The minimum Gasteiger partial charge on any atom is -0.460 e. The van der Waals surface area contributed by atoms with Gasteiger partial charge < -0.3 is 10.1 Å². The Morgan fingerprint density at radius 2 is 1.89 bits per heavy atom. The van der Waals surface area contributed by atoms with E-state index < -0.39 is 33.1 Å². The maximum Gasteiger partial charge on any atom is 0.321 e. The van der Waals surface area contributed by atoms with Gasteiger partial charge in [0.2, 0.25) is 10.0 Å². The third kappa shape index (κ3) is 5.74. The van der Waals surface area contributed by atoms with Crippen LogP contribution in [0.5, 0.6) is 0 Å². The van der Waals surface area contributed by atoms with Crippen LogP contribution >= 0.6 is 15.9 Å². The number of sulfonamides is 1. The fourth-order valence-electron chi connectivity index (χ4n) is 2.07. The van der Waals surface area contributed by atoms with Crippen molar-refractivity contribution in [3.63, 3.8) is 0 Å². The molecular formula is C16H16BrN3O6S. The first kappa shape index (κ1) is 20.8. The second kappa shape index (κ2) is 8.93. The van der Waals surface area contributed by atoms with E-state index in [1.165, 1.54) is 19.2 Å². The number of nitro groups is 1. The Morgan fingerprint density at radius 3 is 2.48 bits per heavy atom. The molecule has 2 aromatic rings. The van der Waals surface area contributed by atoms with Crippen molar-refractivity contribution >= 4 is 43.3 Å². The molecule has 0 bridgehead atoms. The smallest absolute Gasteiger partial charge is 0.321 e. The monoisotopic (exact) mass is 457 g/mol. The maximum atomic E-state index is 12.3. The predicted octanol–water partition coefficient (Wildman–Crippen LogP) is 2.42. The molecule has 27 heavy (non-hydrogen) atoms. The molecule has 0 aliphatic rings. The zero-order valence-electron chi connectivity index (χ0n) is 14.1. The van der Waals surface area contributed by atoms with Gasteiger partial charge in [-0.05, 0) is 29.8 Å². The first-order valence-corrected chi connectivity index (χ1v) is 9.86. The van der Waals surface area contributed by atoms with E-state index in [0.717, 1.165) is 16.1 Å². The summed E-state index contributed by atoms with van der Waals surface area (Å²) in [5, 5.41) is 13.6. The van der Waals surface area contributed by atoms with Crippen molar-refractivity contribution in [1.82, 2.24) is 4.72 Å². The van der Waals surface area contributed by atoms with E-state index in [9.17, 15) is 23.3 Å². The SMILES string of the molecule is CNc1ccc(S(=O)(=O)NCC(=O)OCc2ccc(Br)cc2)cc1[N+](=O)[O-]. The predicted molar refractivity (Wildman–Crippen MR) is 102 cm³/mol. The van der Waals surface area contributed by atoms with Gasteiger partial charge in [-0.15, -0.1) is 0 Å². The first-order chi connectivity index (χ1) is 12.7. The van der Waals surface area contributed by atoms with Gasteiger partial charge in [0, 0.05) is 17.6 Å². The number of carbonyl (C=O) groups excluding carboxylic acids is 1. The maximum absolute atomic E-state index is 12.3. The highest BCUT2D eigenvalue weighted by Gasteiger charge is 2.21. The highest BCUT2D eigenvalue weighted by Crippen LogP contribution is 2.26. The van der Waals surface area contributed by atoms with E-state index in [-0.39, 0.29) is 17.2 Å². The number of rotatable bonds is 8. The van der Waals surface area contributed by atoms with Crippen LogP contribution < -0.4 is 10.0 Å². The molecule has 2 N–H and O–H groups in total. The average Bonchev–Trinajstić information content (AvgIpc) is 2.65. The molecule has 0 saturated carbocycles. The van der Waals surface area contributed by atoms with Gasteiger partial charge in [-0.2, -0.15) is 4.72 Å². The Hall–Kier alpha value is -2.50. The quantitative estimate of drug-likeness (QED) is 0.353. The van der Waals surface area contributed by atoms with Gasteiger partial charge in [0.1, 0.15) is 18.8 Å². The molecule has 0 aliphatic carbocycles. The van der Waals surface area contributed by atoms with Crippen molar-refractivity contribution < 1.29 is 22.9 Å². The summed E-state index contributed by atoms with van der Waals surface area (Å²) in [6.07, 6.45) is 0. The van der Waals surface area contributed by atoms with Gasteiger partial charge in [-0.3, -0.25) is 14.9 Å². The van der Waals surface area contributed by atoms with E-state index in [4.69, 9.17) is 4.74 Å². The van der Waals surface area contributed by atoms with Gasteiger partial charge >= 0.3 is 5.97 Å². The fraction of sp³-hybridized carbons (Fsp3) is 0.188. The normalized spacial score (nSPS) is 11.0. The third-order valence-corrected chi connectivity index (χ3v) is 5.39. The van der Waals surface area contributed by atoms with Crippen LogP contribution in [0.3, 0.4) is 0 Å². The topological polar surface area (TPSA) is 128 Å². The molecule has 11 heteroatoms. The minimum atomic E-state index is -4.11. The van der Waals surface area contributed by atoms with Gasteiger partial charge in [0.15, 0.2) is 0 Å². The summed E-state index contributed by atoms with van der Waals surface area (Å²) in [5.41, 5.74) is 0.527. The molecule has 0 spiro atoms. The summed E-state index contributed by atoms with van der Waals surface area (Å²) >= 11 is 3.29. The standard InChI is InChI=1S/C16H16BrN3O6S/c1-18-14-7-6-13(8-15(14)20(22)23)27(24,25)19-9-16(21)26-10-11-2-4-12(17)5-3-11/h2-8,18-19H,9-10H2,1H3. The largest absolute Gasteiger partial charge is 0.460 e. The van der Waals surface area contributed by atoms with Crippen molar-refractivity contribution in [1.29, 1.82) is 0 Å². The van der Waals surface area contributed by atoms with Crippen LogP contribution in [0.25, 0.3) is 0 Å². The van der Waals surface area contributed by atoms with E-state index in [0.29, 0.717) is 0 Å². The number of nitrogens with zero attached hydrogens (tertiary/aromatic N) is 1. The minimum absolute atomic E-state index is 0.00379. The molecule has 0 amide bonds. The van der Waals surface area contributed by atoms with Crippen LogP contribution in [-0.4, -0.2) is 32.9 Å². The molecule has 2 rings (SSSR count). The molecule has 9 nitrogen and oxygen atoms in total. The van der Waals surface area contributed by atoms with Crippen molar-refractivity contribution in [2.45, 2.75) is 11.5 Å². The molecule has 0 aliphatic heterocycles. The van der Waals surface area contributed by atoms with Crippen molar-refractivity contribution in [2.75, 3.05) is 18.9 Å². The van der Waals surface area contributed by atoms with Gasteiger partial charge in [-0.25, -0.2) is 8.42 Å². The second-order valence-electron chi connectivity index (χ2n) is 5.30. The zero-order chi connectivity index (χ0) is 20.0. The Labute approximate surface area is 164 Å². The second-order valence-corrected chi connectivity index (χ2v) is 7.98. The Morgan fingerprint density at radius 1 is 1.22 bits per heavy atom. The number of anilines is 1. The molecule has 0 radical (unpaired) electrons. The summed E-state index contributed by atoms with van der Waals surface area (Å²) in [6.45, 7) is -0.601. The highest BCUT2D eigenvalue weighted by molar-refractivity contribution is 9.10. The molecule has 0 heterocycles. The summed E-state index contributed by atoms with van der Waals surface area (Å²) in [4.78, 5) is 21.8. The lowest BCUT2D eigenvalue weighted by atomic mass is 10.2. The van der Waals surface area contributed by atoms with Gasteiger partial charge in [0.05, 0.1) is 9.82 Å². The summed E-state index contributed by atoms with van der Waals surface area (Å²) in [5.74, 6) is -0.775. The molecule has 2 aromatic carbocycles. The van der Waals surface area contributed by atoms with E-state index in [1.807, 2.05) is 0 Å². The molecule has 0 aromatic heterocycles. The number of benzene rings is 2. The van der Waals surface area contributed by atoms with Crippen molar-refractivity contribution in [3.05, 3.63) is 62.6 Å². The lowest BCUT2D eigenvalue weighted by molar-refractivity contribution is -0.384.